The number of rotatable bonds is 13. The lowest BCUT2D eigenvalue weighted by Crippen LogP contribution is -2.58. The summed E-state index contributed by atoms with van der Waals surface area (Å²) in [5.41, 5.74) is 24.8. The van der Waals surface area contributed by atoms with Crippen molar-refractivity contribution in [3.63, 3.8) is 0 Å². The second-order valence-corrected chi connectivity index (χ2v) is 11.6. The van der Waals surface area contributed by atoms with E-state index in [0.717, 1.165) is 0 Å². The number of amides is 5. The predicted octanol–water partition coefficient (Wildman–Crippen LogP) is -2.69. The number of carbonyl (C=O) groups is 5. The van der Waals surface area contributed by atoms with Crippen LogP contribution < -0.4 is 49.5 Å². The second kappa shape index (κ2) is 18.5. The molecule has 16 nitrogen and oxygen atoms in total. The third-order valence-electron chi connectivity index (χ3n) is 7.86. The predicted molar refractivity (Wildman–Crippen MR) is 178 cm³/mol. The monoisotopic (exact) mass is 669 g/mol. The summed E-state index contributed by atoms with van der Waals surface area (Å²) in [6.07, 6.45) is 0.0431. The Kier molecular flexibility index (Phi) is 14.6. The summed E-state index contributed by atoms with van der Waals surface area (Å²) < 4.78 is 0. The van der Waals surface area contributed by atoms with Crippen LogP contribution in [0.25, 0.3) is 11.1 Å². The fourth-order valence-corrected chi connectivity index (χ4v) is 5.19. The first-order valence-electron chi connectivity index (χ1n) is 15.9. The zero-order valence-corrected chi connectivity index (χ0v) is 26.8. The van der Waals surface area contributed by atoms with Crippen molar-refractivity contribution in [2.45, 2.75) is 62.7 Å². The molecule has 0 fully saturated rings. The largest absolute Gasteiger partial charge is 0.508 e. The van der Waals surface area contributed by atoms with Gasteiger partial charge in [-0.15, -0.1) is 0 Å². The molecule has 0 saturated heterocycles. The molecule has 4 atom stereocenters. The van der Waals surface area contributed by atoms with Gasteiger partial charge >= 0.3 is 0 Å². The highest BCUT2D eigenvalue weighted by atomic mass is 16.3. The molecular weight excluding hydrogens is 622 g/mol. The normalized spacial score (nSPS) is 18.7. The van der Waals surface area contributed by atoms with Gasteiger partial charge in [0.2, 0.25) is 29.5 Å². The lowest BCUT2D eigenvalue weighted by Gasteiger charge is -2.26. The molecule has 4 bridgehead atoms. The molecule has 0 aliphatic carbocycles. The van der Waals surface area contributed by atoms with Crippen LogP contribution in [0.3, 0.4) is 0 Å². The minimum absolute atomic E-state index is 0.0371. The molecule has 2 aromatic rings. The number of nitrogens with one attached hydrogen (secondary N) is 5. The molecule has 262 valence electrons. The molecule has 1 aliphatic heterocycles. The Bertz CT molecular complexity index is 1460. The zero-order valence-electron chi connectivity index (χ0n) is 26.8. The molecule has 3 rings (SSSR count). The number of phenols is 2. The Labute approximate surface area is 278 Å². The van der Waals surface area contributed by atoms with Gasteiger partial charge < -0.3 is 59.7 Å². The van der Waals surface area contributed by atoms with Crippen LogP contribution in [-0.4, -0.2) is 96.6 Å². The van der Waals surface area contributed by atoms with Crippen LogP contribution in [0.4, 0.5) is 0 Å². The average Bonchev–Trinajstić information content (AvgIpc) is 3.07. The molecule has 1 heterocycles. The van der Waals surface area contributed by atoms with Gasteiger partial charge in [-0.05, 0) is 72.3 Å². The van der Waals surface area contributed by atoms with E-state index in [-0.39, 0.29) is 82.2 Å². The maximum atomic E-state index is 13.9. The van der Waals surface area contributed by atoms with Gasteiger partial charge in [0.15, 0.2) is 0 Å². The lowest BCUT2D eigenvalue weighted by molar-refractivity contribution is -0.134. The first-order chi connectivity index (χ1) is 23.0. The van der Waals surface area contributed by atoms with Gasteiger partial charge in [0.25, 0.3) is 0 Å². The lowest BCUT2D eigenvalue weighted by atomic mass is 9.95. The van der Waals surface area contributed by atoms with E-state index in [1.54, 1.807) is 24.3 Å². The van der Waals surface area contributed by atoms with Crippen LogP contribution in [0.15, 0.2) is 36.4 Å². The van der Waals surface area contributed by atoms with Crippen molar-refractivity contribution >= 4 is 29.5 Å². The fraction of sp³-hybridized carbons (Fsp3) is 0.469. The molecule has 1 aliphatic rings. The van der Waals surface area contributed by atoms with Crippen LogP contribution in [0.5, 0.6) is 11.5 Å². The van der Waals surface area contributed by atoms with Gasteiger partial charge in [0.05, 0.1) is 6.04 Å². The number of benzene rings is 2. The Hall–Kier alpha value is -4.77. The first kappa shape index (κ1) is 37.7. The maximum Gasteiger partial charge on any atom is 0.243 e. The molecule has 0 saturated carbocycles. The number of phenolic OH excluding ortho intramolecular Hbond substituents is 2. The first-order valence-corrected chi connectivity index (χ1v) is 15.9. The minimum atomic E-state index is -1.35. The highest BCUT2D eigenvalue weighted by Gasteiger charge is 2.32. The van der Waals surface area contributed by atoms with E-state index in [2.05, 4.69) is 26.6 Å². The van der Waals surface area contributed by atoms with Crippen LogP contribution >= 0.6 is 0 Å². The van der Waals surface area contributed by atoms with Gasteiger partial charge in [-0.1, -0.05) is 12.1 Å². The summed E-state index contributed by atoms with van der Waals surface area (Å²) >= 11 is 0. The van der Waals surface area contributed by atoms with Gasteiger partial charge in [-0.3, -0.25) is 24.0 Å². The number of hydrogen-bond acceptors (Lipinski definition) is 11. The molecule has 15 N–H and O–H groups in total. The fourth-order valence-electron chi connectivity index (χ4n) is 5.19. The Morgan fingerprint density at radius 1 is 0.833 bits per heavy atom. The minimum Gasteiger partial charge on any atom is -0.508 e. The summed E-state index contributed by atoms with van der Waals surface area (Å²) in [7, 11) is 0. The van der Waals surface area contributed by atoms with Crippen molar-refractivity contribution in [3.8, 4) is 22.6 Å². The number of nitrogens with two attached hydrogens (primary N) is 4. The molecule has 48 heavy (non-hydrogen) atoms. The van der Waals surface area contributed by atoms with Crippen molar-refractivity contribution in [2.75, 3.05) is 32.7 Å². The van der Waals surface area contributed by atoms with Crippen LogP contribution in [0.1, 0.15) is 36.8 Å². The number of aromatic hydroxyl groups is 2. The molecule has 0 radical (unpaired) electrons. The molecule has 5 amide bonds. The van der Waals surface area contributed by atoms with E-state index in [1.165, 1.54) is 12.1 Å². The summed E-state index contributed by atoms with van der Waals surface area (Å²) in [5.74, 6) is -3.33. The van der Waals surface area contributed by atoms with E-state index >= 15 is 0 Å². The summed E-state index contributed by atoms with van der Waals surface area (Å²) in [6.45, 7) is 0.944. The third kappa shape index (κ3) is 10.9. The molecular formula is C32H47N9O7. The number of fused-ring (bicyclic) bond motifs is 5. The quantitative estimate of drug-likeness (QED) is 0.104. The van der Waals surface area contributed by atoms with Crippen molar-refractivity contribution in [3.05, 3.63) is 47.5 Å². The van der Waals surface area contributed by atoms with Crippen LogP contribution in [0, 0.1) is 0 Å². The smallest absolute Gasteiger partial charge is 0.243 e. The van der Waals surface area contributed by atoms with Crippen LogP contribution in [-0.2, 0) is 36.8 Å². The van der Waals surface area contributed by atoms with Crippen molar-refractivity contribution in [1.82, 2.24) is 26.6 Å². The topological polar surface area (TPSA) is 290 Å². The Balaban J connectivity index is 2.03. The maximum absolute atomic E-state index is 13.9. The van der Waals surface area contributed by atoms with Crippen molar-refractivity contribution < 1.29 is 34.2 Å². The molecule has 16 heteroatoms. The highest BCUT2D eigenvalue weighted by molar-refractivity contribution is 5.95. The van der Waals surface area contributed by atoms with Crippen molar-refractivity contribution in [1.29, 1.82) is 0 Å². The average molecular weight is 670 g/mol. The Morgan fingerprint density at radius 3 is 2.04 bits per heavy atom. The molecule has 0 aromatic heterocycles. The van der Waals surface area contributed by atoms with E-state index < -0.39 is 47.8 Å². The molecule has 0 unspecified atom stereocenters. The summed E-state index contributed by atoms with van der Waals surface area (Å²) in [6, 6.07) is 4.73. The number of hydrogen-bond donors (Lipinski definition) is 11. The van der Waals surface area contributed by atoms with Crippen LogP contribution in [0.2, 0.25) is 0 Å². The molecule has 0 spiro atoms. The van der Waals surface area contributed by atoms with E-state index in [4.69, 9.17) is 22.9 Å². The van der Waals surface area contributed by atoms with E-state index in [0.29, 0.717) is 28.7 Å². The summed E-state index contributed by atoms with van der Waals surface area (Å²) in [5, 5.41) is 34.5. The Morgan fingerprint density at radius 2 is 1.44 bits per heavy atom. The zero-order chi connectivity index (χ0) is 35.2. The third-order valence-corrected chi connectivity index (χ3v) is 7.86. The van der Waals surface area contributed by atoms with E-state index in [1.807, 2.05) is 0 Å². The van der Waals surface area contributed by atoms with Gasteiger partial charge in [-0.2, -0.15) is 0 Å². The highest BCUT2D eigenvalue weighted by Crippen LogP contribution is 2.31. The van der Waals surface area contributed by atoms with Gasteiger partial charge in [0, 0.05) is 45.4 Å². The SMILES string of the molecule is NCCC[C@@H]1NC(=O)[C@@H](N)Cc2cc(ccc2O)-c2ccc(O)c(c2)C[C@@H](C(=O)N[C@@H](CCC(=O)NCCN)C(=O)NCCN)NC1=O. The molecule has 2 aromatic carbocycles. The standard InChI is InChI=1S/C32H47N9O7/c33-9-1-2-23-31(47)41-25(32(48)40-24(30(46)38-13-11-35)5-8-28(44)37-12-10-34)17-21-15-19(4-7-27(21)43)18-3-6-26(42)20(14-18)16-22(36)29(45)39-23/h3-4,6-7,14-15,22-25,42-43H,1-2,5,8-13,16-17,33-36H2,(H,37,44)(H,38,46)(H,39,45)(H,40,48)(H,41,47)/t22-,23-,24-,25-/m0/s1. The van der Waals surface area contributed by atoms with E-state index in [9.17, 15) is 34.2 Å². The number of carbonyl (C=O) groups excluding carboxylic acids is 5. The van der Waals surface area contributed by atoms with Gasteiger partial charge in [-0.25, -0.2) is 0 Å². The second-order valence-electron chi connectivity index (χ2n) is 11.6. The van der Waals surface area contributed by atoms with Gasteiger partial charge in [0.1, 0.15) is 29.6 Å². The summed E-state index contributed by atoms with van der Waals surface area (Å²) in [4.78, 5) is 66.0. The van der Waals surface area contributed by atoms with Crippen molar-refractivity contribution in [2.24, 2.45) is 22.9 Å².